The number of hydrogen-bond donors (Lipinski definition) is 0. The van der Waals surface area contributed by atoms with E-state index in [-0.39, 0.29) is 11.9 Å². The highest BCUT2D eigenvalue weighted by molar-refractivity contribution is 5.94. The molecule has 0 bridgehead atoms. The summed E-state index contributed by atoms with van der Waals surface area (Å²) in [6.07, 6.45) is 11.7. The maximum Gasteiger partial charge on any atom is 0.255 e. The van der Waals surface area contributed by atoms with Crippen LogP contribution >= 0.6 is 0 Å². The third kappa shape index (κ3) is 5.28. The van der Waals surface area contributed by atoms with Crippen molar-refractivity contribution in [3.63, 3.8) is 0 Å². The van der Waals surface area contributed by atoms with Crippen molar-refractivity contribution >= 4 is 11.8 Å². The molecule has 170 valence electrons. The van der Waals surface area contributed by atoms with E-state index in [4.69, 9.17) is 0 Å². The minimum Gasteiger partial charge on any atom is -0.341 e. The summed E-state index contributed by atoms with van der Waals surface area (Å²) < 4.78 is 0. The van der Waals surface area contributed by atoms with Crippen LogP contribution in [0.2, 0.25) is 0 Å². The fourth-order valence-electron chi connectivity index (χ4n) is 5.48. The van der Waals surface area contributed by atoms with Crippen molar-refractivity contribution < 1.29 is 9.59 Å². The summed E-state index contributed by atoms with van der Waals surface area (Å²) in [4.78, 5) is 36.9. The van der Waals surface area contributed by atoms with E-state index in [1.165, 1.54) is 25.7 Å². The molecule has 3 aliphatic rings. The van der Waals surface area contributed by atoms with Gasteiger partial charge in [0, 0.05) is 44.0 Å². The molecule has 0 aliphatic carbocycles. The summed E-state index contributed by atoms with van der Waals surface area (Å²) in [6, 6.07) is 4.03. The largest absolute Gasteiger partial charge is 0.341 e. The van der Waals surface area contributed by atoms with Crippen molar-refractivity contribution in [2.24, 2.45) is 0 Å². The van der Waals surface area contributed by atoms with E-state index in [0.717, 1.165) is 77.1 Å². The van der Waals surface area contributed by atoms with Crippen molar-refractivity contribution in [2.75, 3.05) is 39.3 Å². The first kappa shape index (κ1) is 22.3. The van der Waals surface area contributed by atoms with E-state index in [0.29, 0.717) is 17.4 Å². The second kappa shape index (κ2) is 10.6. The maximum absolute atomic E-state index is 13.2. The first-order chi connectivity index (χ1) is 15.2. The van der Waals surface area contributed by atoms with Gasteiger partial charge in [-0.3, -0.25) is 19.5 Å². The molecule has 31 heavy (non-hydrogen) atoms. The van der Waals surface area contributed by atoms with Gasteiger partial charge in [0.15, 0.2) is 0 Å². The summed E-state index contributed by atoms with van der Waals surface area (Å²) in [5.74, 6) is 0.805. The summed E-state index contributed by atoms with van der Waals surface area (Å²) in [6.45, 7) is 7.61. The van der Waals surface area contributed by atoms with Gasteiger partial charge in [-0.25, -0.2) is 0 Å². The maximum atomic E-state index is 13.2. The zero-order chi connectivity index (χ0) is 21.6. The molecule has 2 amide bonds. The number of piperidine rings is 3. The van der Waals surface area contributed by atoms with Gasteiger partial charge in [0.1, 0.15) is 0 Å². The van der Waals surface area contributed by atoms with Gasteiger partial charge in [-0.1, -0.05) is 13.3 Å². The van der Waals surface area contributed by atoms with Gasteiger partial charge in [0.25, 0.3) is 5.91 Å². The van der Waals surface area contributed by atoms with Crippen LogP contribution in [0.4, 0.5) is 0 Å². The molecule has 0 radical (unpaired) electrons. The van der Waals surface area contributed by atoms with Crippen LogP contribution in [0.5, 0.6) is 0 Å². The average Bonchev–Trinajstić information content (AvgIpc) is 2.85. The van der Waals surface area contributed by atoms with Gasteiger partial charge >= 0.3 is 0 Å². The number of carbonyl (C=O) groups excluding carboxylic acids is 2. The topological polar surface area (TPSA) is 56.8 Å². The number of likely N-dealkylation sites (tertiary alicyclic amines) is 3. The first-order valence-corrected chi connectivity index (χ1v) is 12.5. The molecule has 0 N–H and O–H groups in total. The van der Waals surface area contributed by atoms with Crippen molar-refractivity contribution in [2.45, 2.75) is 76.7 Å². The molecule has 0 saturated carbocycles. The SMILES string of the molecule is CC[C@@H](C(=O)N1CCC(c2ccc(C(=O)N3CCCCC3)cn2)CC1)N1CCCCC1. The molecule has 6 nitrogen and oxygen atoms in total. The monoisotopic (exact) mass is 426 g/mol. The van der Waals surface area contributed by atoms with Gasteiger partial charge in [0.2, 0.25) is 5.91 Å². The smallest absolute Gasteiger partial charge is 0.255 e. The Kier molecular flexibility index (Phi) is 7.59. The molecular weight excluding hydrogens is 388 g/mol. The van der Waals surface area contributed by atoms with Crippen molar-refractivity contribution in [3.05, 3.63) is 29.6 Å². The normalized spacial score (nSPS) is 22.4. The van der Waals surface area contributed by atoms with Crippen LogP contribution in [-0.4, -0.2) is 76.8 Å². The molecule has 3 aliphatic heterocycles. The molecule has 1 aromatic rings. The number of aromatic nitrogens is 1. The van der Waals surface area contributed by atoms with Crippen LogP contribution in [-0.2, 0) is 4.79 Å². The Hall–Kier alpha value is -1.95. The van der Waals surface area contributed by atoms with Crippen LogP contribution in [0.15, 0.2) is 18.3 Å². The molecule has 4 rings (SSSR count). The molecule has 4 heterocycles. The van der Waals surface area contributed by atoms with Gasteiger partial charge in [-0.05, 0) is 76.6 Å². The summed E-state index contributed by atoms with van der Waals surface area (Å²) in [5, 5.41) is 0. The minimum absolute atomic E-state index is 0.0510. The number of hydrogen-bond acceptors (Lipinski definition) is 4. The average molecular weight is 427 g/mol. The lowest BCUT2D eigenvalue weighted by Crippen LogP contribution is -2.51. The molecule has 6 heteroatoms. The number of carbonyl (C=O) groups is 2. The van der Waals surface area contributed by atoms with Gasteiger partial charge < -0.3 is 9.80 Å². The predicted molar refractivity (Wildman–Crippen MR) is 122 cm³/mol. The summed E-state index contributed by atoms with van der Waals surface area (Å²) in [7, 11) is 0. The number of nitrogens with zero attached hydrogens (tertiary/aromatic N) is 4. The molecule has 0 unspecified atom stereocenters. The Balaban J connectivity index is 1.31. The Morgan fingerprint density at radius 3 is 2.13 bits per heavy atom. The van der Waals surface area contributed by atoms with E-state index in [9.17, 15) is 9.59 Å². The Labute approximate surface area is 187 Å². The zero-order valence-electron chi connectivity index (χ0n) is 19.1. The van der Waals surface area contributed by atoms with Gasteiger partial charge in [-0.2, -0.15) is 0 Å². The third-order valence-corrected chi connectivity index (χ3v) is 7.40. The molecule has 3 saturated heterocycles. The van der Waals surface area contributed by atoms with Crippen molar-refractivity contribution in [1.29, 1.82) is 0 Å². The minimum atomic E-state index is 0.0510. The Morgan fingerprint density at radius 1 is 0.903 bits per heavy atom. The second-order valence-corrected chi connectivity index (χ2v) is 9.44. The van der Waals surface area contributed by atoms with E-state index in [2.05, 4.69) is 21.7 Å². The Bertz CT molecular complexity index is 730. The molecular formula is C25H38N4O2. The third-order valence-electron chi connectivity index (χ3n) is 7.40. The highest BCUT2D eigenvalue weighted by atomic mass is 16.2. The van der Waals surface area contributed by atoms with Gasteiger partial charge in [-0.15, -0.1) is 0 Å². The molecule has 3 fully saturated rings. The number of rotatable bonds is 5. The highest BCUT2D eigenvalue weighted by Gasteiger charge is 2.32. The van der Waals surface area contributed by atoms with Crippen LogP contribution in [0.1, 0.15) is 86.7 Å². The van der Waals surface area contributed by atoms with E-state index < -0.39 is 0 Å². The fourth-order valence-corrected chi connectivity index (χ4v) is 5.48. The van der Waals surface area contributed by atoms with Crippen LogP contribution in [0.25, 0.3) is 0 Å². The molecule has 0 aromatic carbocycles. The van der Waals surface area contributed by atoms with Crippen molar-refractivity contribution in [1.82, 2.24) is 19.7 Å². The van der Waals surface area contributed by atoms with Crippen molar-refractivity contribution in [3.8, 4) is 0 Å². The molecule has 0 spiro atoms. The quantitative estimate of drug-likeness (QED) is 0.721. The molecule has 1 atom stereocenters. The van der Waals surface area contributed by atoms with E-state index >= 15 is 0 Å². The highest BCUT2D eigenvalue weighted by Crippen LogP contribution is 2.28. The predicted octanol–water partition coefficient (Wildman–Crippen LogP) is 3.68. The number of pyridine rings is 1. The van der Waals surface area contributed by atoms with Crippen LogP contribution in [0.3, 0.4) is 0 Å². The lowest BCUT2D eigenvalue weighted by Gasteiger charge is -2.39. The number of amides is 2. The lowest BCUT2D eigenvalue weighted by atomic mass is 9.92. The fraction of sp³-hybridized carbons (Fsp3) is 0.720. The van der Waals surface area contributed by atoms with E-state index in [1.807, 2.05) is 17.0 Å². The lowest BCUT2D eigenvalue weighted by molar-refractivity contribution is -0.138. The van der Waals surface area contributed by atoms with Crippen LogP contribution in [0, 0.1) is 0 Å². The molecule has 1 aromatic heterocycles. The zero-order valence-corrected chi connectivity index (χ0v) is 19.1. The first-order valence-electron chi connectivity index (χ1n) is 12.5. The summed E-state index contributed by atoms with van der Waals surface area (Å²) in [5.41, 5.74) is 1.76. The summed E-state index contributed by atoms with van der Waals surface area (Å²) >= 11 is 0. The van der Waals surface area contributed by atoms with E-state index in [1.54, 1.807) is 6.20 Å². The van der Waals surface area contributed by atoms with Gasteiger partial charge in [0.05, 0.1) is 11.6 Å². The Morgan fingerprint density at radius 2 is 1.55 bits per heavy atom. The second-order valence-electron chi connectivity index (χ2n) is 9.44. The standard InChI is InChI=1S/C25H38N4O2/c1-2-23(27-13-5-3-6-14-27)25(31)29-17-11-20(12-18-29)22-10-9-21(19-26-22)24(30)28-15-7-4-8-16-28/h9-10,19-20,23H,2-8,11-18H2,1H3/t23-/m0/s1. The van der Waals surface area contributed by atoms with Crippen LogP contribution < -0.4 is 0 Å².